The zero-order valence-electron chi connectivity index (χ0n) is 10.4. The maximum absolute atomic E-state index is 4.27. The van der Waals surface area contributed by atoms with E-state index < -0.39 is 0 Å². The van der Waals surface area contributed by atoms with Crippen LogP contribution < -0.4 is 0 Å². The van der Waals surface area contributed by atoms with Gasteiger partial charge in [-0.1, -0.05) is 45.4 Å². The molecule has 0 N–H and O–H groups in total. The maximum Gasteiger partial charge on any atom is 0.133 e. The van der Waals surface area contributed by atoms with Gasteiger partial charge >= 0.3 is 0 Å². The highest BCUT2D eigenvalue weighted by Crippen LogP contribution is 2.25. The van der Waals surface area contributed by atoms with Gasteiger partial charge in [0, 0.05) is 13.0 Å². The molecule has 0 unspecified atom stereocenters. The van der Waals surface area contributed by atoms with Gasteiger partial charge in [0.2, 0.25) is 0 Å². The lowest BCUT2D eigenvalue weighted by Crippen LogP contribution is -2.10. The number of aromatic nitrogens is 3. The van der Waals surface area contributed by atoms with Crippen molar-refractivity contribution in [1.82, 2.24) is 14.8 Å². The van der Waals surface area contributed by atoms with E-state index in [4.69, 9.17) is 0 Å². The molecule has 1 aliphatic carbocycles. The molecule has 0 radical (unpaired) electrons. The Balaban J connectivity index is 1.93. The molecule has 0 spiro atoms. The zero-order chi connectivity index (χ0) is 11.2. The van der Waals surface area contributed by atoms with Gasteiger partial charge in [0.15, 0.2) is 0 Å². The second-order valence-electron chi connectivity index (χ2n) is 5.00. The molecule has 1 fully saturated rings. The van der Waals surface area contributed by atoms with Crippen molar-refractivity contribution in [1.29, 1.82) is 0 Å². The van der Waals surface area contributed by atoms with Crippen LogP contribution in [0.2, 0.25) is 0 Å². The topological polar surface area (TPSA) is 30.7 Å². The molecule has 1 aromatic rings. The lowest BCUT2D eigenvalue weighted by Gasteiger charge is -2.13. The summed E-state index contributed by atoms with van der Waals surface area (Å²) in [6, 6.07) is 0. The van der Waals surface area contributed by atoms with Crippen LogP contribution in [0.3, 0.4) is 0 Å². The van der Waals surface area contributed by atoms with E-state index in [0.717, 1.165) is 25.3 Å². The maximum atomic E-state index is 4.27. The van der Waals surface area contributed by atoms with Gasteiger partial charge in [-0.25, -0.2) is 0 Å². The highest BCUT2D eigenvalue weighted by molar-refractivity contribution is 4.88. The Morgan fingerprint density at radius 3 is 2.69 bits per heavy atom. The Labute approximate surface area is 98.3 Å². The average molecular weight is 221 g/mol. The molecule has 16 heavy (non-hydrogen) atoms. The summed E-state index contributed by atoms with van der Waals surface area (Å²) in [4.78, 5) is 0. The first kappa shape index (κ1) is 11.6. The van der Waals surface area contributed by atoms with E-state index in [2.05, 4.69) is 21.7 Å². The van der Waals surface area contributed by atoms with Crippen LogP contribution in [-0.4, -0.2) is 14.8 Å². The third kappa shape index (κ3) is 3.06. The summed E-state index contributed by atoms with van der Waals surface area (Å²) in [7, 11) is 0. The van der Waals surface area contributed by atoms with E-state index in [1.807, 2.05) is 6.33 Å². The van der Waals surface area contributed by atoms with Crippen molar-refractivity contribution in [2.24, 2.45) is 5.92 Å². The van der Waals surface area contributed by atoms with Crippen LogP contribution in [-0.2, 0) is 13.0 Å². The average Bonchev–Trinajstić information content (AvgIpc) is 2.56. The van der Waals surface area contributed by atoms with Crippen LogP contribution in [0, 0.1) is 5.92 Å². The van der Waals surface area contributed by atoms with Crippen LogP contribution in [0.25, 0.3) is 0 Å². The summed E-state index contributed by atoms with van der Waals surface area (Å²) in [5.74, 6) is 2.05. The van der Waals surface area contributed by atoms with Gasteiger partial charge in [0.25, 0.3) is 0 Å². The fourth-order valence-electron chi connectivity index (χ4n) is 2.69. The molecule has 0 atom stereocenters. The number of nitrogens with zero attached hydrogens (tertiary/aromatic N) is 3. The summed E-state index contributed by atoms with van der Waals surface area (Å²) in [6.45, 7) is 3.27. The summed E-state index contributed by atoms with van der Waals surface area (Å²) >= 11 is 0. The first-order valence-electron chi connectivity index (χ1n) is 6.77. The van der Waals surface area contributed by atoms with Gasteiger partial charge in [-0.3, -0.25) is 0 Å². The summed E-state index contributed by atoms with van der Waals surface area (Å²) in [5, 5.41) is 8.32. The Morgan fingerprint density at radius 2 is 2.00 bits per heavy atom. The molecule has 2 rings (SSSR count). The first-order chi connectivity index (χ1) is 7.90. The summed E-state index contributed by atoms with van der Waals surface area (Å²) in [5.41, 5.74) is 0. The lowest BCUT2D eigenvalue weighted by molar-refractivity contribution is 0.437. The van der Waals surface area contributed by atoms with Crippen LogP contribution in [0.1, 0.15) is 57.7 Å². The predicted molar refractivity (Wildman–Crippen MR) is 65.2 cm³/mol. The minimum absolute atomic E-state index is 0.849. The van der Waals surface area contributed by atoms with Gasteiger partial charge in [-0.15, -0.1) is 10.2 Å². The molecule has 0 aliphatic heterocycles. The van der Waals surface area contributed by atoms with Gasteiger partial charge in [0.1, 0.15) is 12.2 Å². The van der Waals surface area contributed by atoms with E-state index in [0.29, 0.717) is 0 Å². The normalized spacial score (nSPS) is 18.6. The van der Waals surface area contributed by atoms with Gasteiger partial charge < -0.3 is 4.57 Å². The molecule has 0 bridgehead atoms. The van der Waals surface area contributed by atoms with E-state index in [9.17, 15) is 0 Å². The standard InChI is InChI=1S/C13H23N3/c1-2-9-16-11-14-15-13(16)10-12-7-5-3-4-6-8-12/h11-12H,2-10H2,1H3. The molecule has 1 aromatic heterocycles. The van der Waals surface area contributed by atoms with Crippen molar-refractivity contribution in [2.75, 3.05) is 0 Å². The van der Waals surface area contributed by atoms with Crippen molar-refractivity contribution in [2.45, 2.75) is 64.8 Å². The van der Waals surface area contributed by atoms with Gasteiger partial charge in [-0.2, -0.15) is 0 Å². The third-order valence-corrected chi connectivity index (χ3v) is 3.61. The number of rotatable bonds is 4. The molecular formula is C13H23N3. The van der Waals surface area contributed by atoms with E-state index in [1.54, 1.807) is 0 Å². The number of aryl methyl sites for hydroxylation is 1. The third-order valence-electron chi connectivity index (χ3n) is 3.61. The SMILES string of the molecule is CCCn1cnnc1CC1CCCCCC1. The van der Waals surface area contributed by atoms with Gasteiger partial charge in [0.05, 0.1) is 0 Å². The highest BCUT2D eigenvalue weighted by Gasteiger charge is 2.15. The van der Waals surface area contributed by atoms with Crippen molar-refractivity contribution < 1.29 is 0 Å². The van der Waals surface area contributed by atoms with E-state index in [1.165, 1.54) is 44.3 Å². The molecule has 1 saturated carbocycles. The molecule has 3 nitrogen and oxygen atoms in total. The fourth-order valence-corrected chi connectivity index (χ4v) is 2.69. The lowest BCUT2D eigenvalue weighted by atomic mass is 9.96. The quantitative estimate of drug-likeness (QED) is 0.731. The minimum atomic E-state index is 0.849. The van der Waals surface area contributed by atoms with E-state index in [-0.39, 0.29) is 0 Å². The molecule has 90 valence electrons. The molecule has 0 aromatic carbocycles. The first-order valence-corrected chi connectivity index (χ1v) is 6.77. The fraction of sp³-hybridized carbons (Fsp3) is 0.846. The molecule has 3 heteroatoms. The van der Waals surface area contributed by atoms with Gasteiger partial charge in [-0.05, 0) is 12.3 Å². The smallest absolute Gasteiger partial charge is 0.133 e. The van der Waals surface area contributed by atoms with Crippen molar-refractivity contribution in [3.63, 3.8) is 0 Å². The molecular weight excluding hydrogens is 198 g/mol. The van der Waals surface area contributed by atoms with Crippen molar-refractivity contribution in [3.05, 3.63) is 12.2 Å². The predicted octanol–water partition coefficient (Wildman–Crippen LogP) is 3.20. The van der Waals surface area contributed by atoms with Crippen LogP contribution >= 0.6 is 0 Å². The highest BCUT2D eigenvalue weighted by atomic mass is 15.3. The molecule has 1 heterocycles. The van der Waals surface area contributed by atoms with E-state index >= 15 is 0 Å². The Morgan fingerprint density at radius 1 is 1.25 bits per heavy atom. The molecule has 0 amide bonds. The van der Waals surface area contributed by atoms with Crippen molar-refractivity contribution >= 4 is 0 Å². The summed E-state index contributed by atoms with van der Waals surface area (Å²) in [6.07, 6.45) is 12.6. The number of hydrogen-bond donors (Lipinski definition) is 0. The molecule has 1 aliphatic rings. The Hall–Kier alpha value is -0.860. The molecule has 0 saturated heterocycles. The Kier molecular flexibility index (Phi) is 4.37. The van der Waals surface area contributed by atoms with Crippen LogP contribution in [0.15, 0.2) is 6.33 Å². The second kappa shape index (κ2) is 6.02. The largest absolute Gasteiger partial charge is 0.318 e. The van der Waals surface area contributed by atoms with Crippen LogP contribution in [0.4, 0.5) is 0 Å². The minimum Gasteiger partial charge on any atom is -0.318 e. The monoisotopic (exact) mass is 221 g/mol. The second-order valence-corrected chi connectivity index (χ2v) is 5.00. The zero-order valence-corrected chi connectivity index (χ0v) is 10.4. The summed E-state index contributed by atoms with van der Waals surface area (Å²) < 4.78 is 2.23. The van der Waals surface area contributed by atoms with Crippen molar-refractivity contribution in [3.8, 4) is 0 Å². The Bertz CT molecular complexity index is 298. The number of hydrogen-bond acceptors (Lipinski definition) is 2. The van der Waals surface area contributed by atoms with Crippen LogP contribution in [0.5, 0.6) is 0 Å².